The highest BCUT2D eigenvalue weighted by atomic mass is 16.5. The lowest BCUT2D eigenvalue weighted by Gasteiger charge is -2.21. The van der Waals surface area contributed by atoms with Crippen molar-refractivity contribution in [2.45, 2.75) is 20.8 Å². The molecule has 1 aromatic rings. The smallest absolute Gasteiger partial charge is 0.126 e. The van der Waals surface area contributed by atoms with Gasteiger partial charge in [0.25, 0.3) is 0 Å². The molecule has 16 heavy (non-hydrogen) atoms. The van der Waals surface area contributed by atoms with E-state index in [4.69, 9.17) is 4.74 Å². The van der Waals surface area contributed by atoms with Crippen molar-refractivity contribution in [1.82, 2.24) is 0 Å². The van der Waals surface area contributed by atoms with Crippen LogP contribution in [0.15, 0.2) is 29.8 Å². The van der Waals surface area contributed by atoms with Crippen LogP contribution in [0.2, 0.25) is 0 Å². The maximum Gasteiger partial charge on any atom is 0.126 e. The second-order valence-corrected chi connectivity index (χ2v) is 4.82. The van der Waals surface area contributed by atoms with Crippen LogP contribution < -0.4 is 4.74 Å². The van der Waals surface area contributed by atoms with E-state index in [1.807, 2.05) is 30.3 Å². The molecule has 0 aliphatic carbocycles. The quantitative estimate of drug-likeness (QED) is 0.848. The molecule has 2 nitrogen and oxygen atoms in total. The lowest BCUT2D eigenvalue weighted by molar-refractivity contribution is 0.297. The van der Waals surface area contributed by atoms with Crippen LogP contribution in [0.5, 0.6) is 5.75 Å². The third kappa shape index (κ3) is 3.11. The molecule has 0 unspecified atom stereocenters. The normalized spacial score (nSPS) is 12.7. The van der Waals surface area contributed by atoms with Crippen LogP contribution in [0.3, 0.4) is 0 Å². The molecule has 0 saturated heterocycles. The Kier molecular flexibility index (Phi) is 4.13. The second-order valence-electron chi connectivity index (χ2n) is 4.82. The summed E-state index contributed by atoms with van der Waals surface area (Å²) in [5.74, 6) is 0.831. The van der Waals surface area contributed by atoms with Gasteiger partial charge in [-0.3, -0.25) is 0 Å². The number of aliphatic hydroxyl groups is 1. The molecule has 1 N–H and O–H groups in total. The van der Waals surface area contributed by atoms with Crippen LogP contribution in [0, 0.1) is 5.41 Å². The van der Waals surface area contributed by atoms with E-state index in [0.717, 1.165) is 16.9 Å². The lowest BCUT2D eigenvalue weighted by atomic mass is 9.85. The second kappa shape index (κ2) is 5.17. The Bertz CT molecular complexity index is 373. The number of ether oxygens (including phenoxy) is 1. The highest BCUT2D eigenvalue weighted by molar-refractivity contribution is 5.60. The summed E-state index contributed by atoms with van der Waals surface area (Å²) < 4.78 is 5.28. The van der Waals surface area contributed by atoms with Gasteiger partial charge < -0.3 is 9.84 Å². The Labute approximate surface area is 97.6 Å². The first-order valence-corrected chi connectivity index (χ1v) is 5.44. The van der Waals surface area contributed by atoms with E-state index in [1.165, 1.54) is 0 Å². The Morgan fingerprint density at radius 2 is 1.94 bits per heavy atom. The molecule has 0 aliphatic heterocycles. The van der Waals surface area contributed by atoms with E-state index < -0.39 is 0 Å². The fraction of sp³-hybridized carbons (Fsp3) is 0.429. The predicted molar refractivity (Wildman–Crippen MR) is 67.5 cm³/mol. The fourth-order valence-electron chi connectivity index (χ4n) is 1.47. The molecule has 0 bridgehead atoms. The molecule has 0 amide bonds. The minimum atomic E-state index is -0.0321. The molecule has 0 heterocycles. The van der Waals surface area contributed by atoms with Crippen LogP contribution in [0.25, 0.3) is 6.08 Å². The van der Waals surface area contributed by atoms with Crippen LogP contribution in [-0.4, -0.2) is 18.8 Å². The van der Waals surface area contributed by atoms with Crippen LogP contribution >= 0.6 is 0 Å². The number of hydrogen-bond acceptors (Lipinski definition) is 2. The van der Waals surface area contributed by atoms with Crippen LogP contribution in [0.1, 0.15) is 26.3 Å². The minimum Gasteiger partial charge on any atom is -0.496 e. The standard InChI is InChI=1S/C14H20O2/c1-14(2,3)12(10-15)9-11-7-5-6-8-13(11)16-4/h5-9,15H,10H2,1-4H3/b12-9+. The van der Waals surface area contributed by atoms with Gasteiger partial charge in [-0.25, -0.2) is 0 Å². The van der Waals surface area contributed by atoms with Gasteiger partial charge >= 0.3 is 0 Å². The molecule has 2 heteroatoms. The van der Waals surface area contributed by atoms with Gasteiger partial charge in [0, 0.05) is 5.56 Å². The van der Waals surface area contributed by atoms with Gasteiger partial charge in [0.15, 0.2) is 0 Å². The monoisotopic (exact) mass is 220 g/mol. The van der Waals surface area contributed by atoms with Crippen molar-refractivity contribution in [1.29, 1.82) is 0 Å². The average molecular weight is 220 g/mol. The Balaban J connectivity index is 3.14. The van der Waals surface area contributed by atoms with Crippen molar-refractivity contribution in [2.24, 2.45) is 5.41 Å². The molecule has 0 saturated carbocycles. The van der Waals surface area contributed by atoms with Gasteiger partial charge in [-0.05, 0) is 23.1 Å². The van der Waals surface area contributed by atoms with Crippen molar-refractivity contribution < 1.29 is 9.84 Å². The summed E-state index contributed by atoms with van der Waals surface area (Å²) in [7, 11) is 1.66. The third-order valence-electron chi connectivity index (χ3n) is 2.60. The number of hydrogen-bond donors (Lipinski definition) is 1. The molecule has 0 fully saturated rings. The Morgan fingerprint density at radius 1 is 1.31 bits per heavy atom. The maximum atomic E-state index is 9.38. The summed E-state index contributed by atoms with van der Waals surface area (Å²) in [6, 6.07) is 7.81. The van der Waals surface area contributed by atoms with Gasteiger partial charge in [0.1, 0.15) is 5.75 Å². The first-order chi connectivity index (χ1) is 7.49. The highest BCUT2D eigenvalue weighted by Gasteiger charge is 2.16. The van der Waals surface area contributed by atoms with Crippen molar-refractivity contribution >= 4 is 6.08 Å². The zero-order valence-electron chi connectivity index (χ0n) is 10.4. The molecule has 0 radical (unpaired) electrons. The van der Waals surface area contributed by atoms with Gasteiger partial charge in [-0.1, -0.05) is 39.0 Å². The van der Waals surface area contributed by atoms with E-state index >= 15 is 0 Å². The summed E-state index contributed by atoms with van der Waals surface area (Å²) in [4.78, 5) is 0. The zero-order valence-corrected chi connectivity index (χ0v) is 10.4. The molecule has 88 valence electrons. The maximum absolute atomic E-state index is 9.38. The molecular formula is C14H20O2. The summed E-state index contributed by atoms with van der Waals surface area (Å²) >= 11 is 0. The van der Waals surface area contributed by atoms with Crippen molar-refractivity contribution in [3.63, 3.8) is 0 Å². The molecule has 0 atom stereocenters. The Hall–Kier alpha value is -1.28. The Morgan fingerprint density at radius 3 is 2.44 bits per heavy atom. The molecule has 0 aromatic heterocycles. The topological polar surface area (TPSA) is 29.5 Å². The lowest BCUT2D eigenvalue weighted by Crippen LogP contribution is -2.12. The molecular weight excluding hydrogens is 200 g/mol. The van der Waals surface area contributed by atoms with Crippen molar-refractivity contribution in [3.8, 4) is 5.75 Å². The van der Waals surface area contributed by atoms with Crippen LogP contribution in [0.4, 0.5) is 0 Å². The molecule has 1 aromatic carbocycles. The average Bonchev–Trinajstić information content (AvgIpc) is 2.24. The summed E-state index contributed by atoms with van der Waals surface area (Å²) in [6.07, 6.45) is 2.00. The summed E-state index contributed by atoms with van der Waals surface area (Å²) in [5.41, 5.74) is 1.97. The minimum absolute atomic E-state index is 0.0321. The van der Waals surface area contributed by atoms with Crippen LogP contribution in [-0.2, 0) is 0 Å². The van der Waals surface area contributed by atoms with Crippen molar-refractivity contribution in [3.05, 3.63) is 35.4 Å². The van der Waals surface area contributed by atoms with Crippen molar-refractivity contribution in [2.75, 3.05) is 13.7 Å². The number of para-hydroxylation sites is 1. The number of aliphatic hydroxyl groups excluding tert-OH is 1. The van der Waals surface area contributed by atoms with Gasteiger partial charge in [0.2, 0.25) is 0 Å². The molecule has 0 aliphatic rings. The number of methoxy groups -OCH3 is 1. The number of benzene rings is 1. The van der Waals surface area contributed by atoms with E-state index in [-0.39, 0.29) is 12.0 Å². The van der Waals surface area contributed by atoms with E-state index in [1.54, 1.807) is 7.11 Å². The predicted octanol–water partition coefficient (Wildman–Crippen LogP) is 3.12. The van der Waals surface area contributed by atoms with Gasteiger partial charge in [-0.2, -0.15) is 0 Å². The summed E-state index contributed by atoms with van der Waals surface area (Å²) in [5, 5.41) is 9.38. The first kappa shape index (κ1) is 12.8. The fourth-order valence-corrected chi connectivity index (χ4v) is 1.47. The molecule has 1 rings (SSSR count). The third-order valence-corrected chi connectivity index (χ3v) is 2.60. The summed E-state index contributed by atoms with van der Waals surface area (Å²) in [6.45, 7) is 6.33. The van der Waals surface area contributed by atoms with E-state index in [0.29, 0.717) is 0 Å². The van der Waals surface area contributed by atoms with E-state index in [2.05, 4.69) is 20.8 Å². The van der Waals surface area contributed by atoms with Gasteiger partial charge in [0.05, 0.1) is 13.7 Å². The largest absolute Gasteiger partial charge is 0.496 e. The SMILES string of the molecule is COc1ccccc1/C=C(\CO)C(C)(C)C. The van der Waals surface area contributed by atoms with Gasteiger partial charge in [-0.15, -0.1) is 0 Å². The molecule has 0 spiro atoms. The first-order valence-electron chi connectivity index (χ1n) is 5.44. The van der Waals surface area contributed by atoms with E-state index in [9.17, 15) is 5.11 Å². The number of rotatable bonds is 3. The highest BCUT2D eigenvalue weighted by Crippen LogP contribution is 2.29. The zero-order chi connectivity index (χ0) is 12.2.